The predicted molar refractivity (Wildman–Crippen MR) is 92.4 cm³/mol. The molecule has 0 heterocycles. The molecule has 0 radical (unpaired) electrons. The molecule has 0 nitrogen and oxygen atoms in total. The number of rotatable bonds is 16. The monoisotopic (exact) mass is 554 g/mol. The second-order valence-electron chi connectivity index (χ2n) is 7.85. The van der Waals surface area contributed by atoms with E-state index in [-0.39, 0.29) is 12.8 Å². The minimum absolute atomic E-state index is 0.101. The van der Waals surface area contributed by atoms with Crippen LogP contribution in [-0.2, 0) is 0 Å². The SMILES string of the molecule is C=CCCC(F)(F)C(F)(F)C(F)(F)C(F)(F)C(F)(F)C(F)(F)C(F)(F)C(F)(F)CCCCCCC. The summed E-state index contributed by atoms with van der Waals surface area (Å²) in [6.07, 6.45) is -5.94. The largest absolute Gasteiger partial charge is 0.384 e. The van der Waals surface area contributed by atoms with Gasteiger partial charge in [0.1, 0.15) is 0 Å². The van der Waals surface area contributed by atoms with E-state index in [0.717, 1.165) is 0 Å². The van der Waals surface area contributed by atoms with E-state index in [4.69, 9.17) is 0 Å². The van der Waals surface area contributed by atoms with Gasteiger partial charge in [-0.3, -0.25) is 0 Å². The maximum Gasteiger partial charge on any atom is 0.384 e. The van der Waals surface area contributed by atoms with Crippen molar-refractivity contribution in [1.82, 2.24) is 0 Å². The van der Waals surface area contributed by atoms with Crippen LogP contribution in [-0.4, -0.2) is 47.4 Å². The summed E-state index contributed by atoms with van der Waals surface area (Å²) in [5.74, 6) is -60.4. The molecule has 0 spiro atoms. The van der Waals surface area contributed by atoms with Gasteiger partial charge in [0.2, 0.25) is 0 Å². The fourth-order valence-electron chi connectivity index (χ4n) is 2.80. The third-order valence-corrected chi connectivity index (χ3v) is 5.15. The second-order valence-corrected chi connectivity index (χ2v) is 7.85. The standard InChI is InChI=1S/C19H22F16/c1-3-5-7-8-9-11-13(22,23)15(26,27)17(30,31)19(34,35)18(32,33)16(28,29)14(24,25)12(20,21)10-6-4-2/h4H,2-3,5-11H2,1H3. The summed E-state index contributed by atoms with van der Waals surface area (Å²) in [5.41, 5.74) is 0. The fourth-order valence-corrected chi connectivity index (χ4v) is 2.80. The van der Waals surface area contributed by atoms with E-state index < -0.39 is 73.1 Å². The molecule has 0 N–H and O–H groups in total. The van der Waals surface area contributed by atoms with Crippen LogP contribution in [0.4, 0.5) is 70.2 Å². The lowest BCUT2D eigenvalue weighted by Gasteiger charge is -2.43. The third kappa shape index (κ3) is 5.49. The summed E-state index contributed by atoms with van der Waals surface area (Å²) in [6.45, 7) is 4.35. The Morgan fingerprint density at radius 1 is 0.457 bits per heavy atom. The molecule has 35 heavy (non-hydrogen) atoms. The molecular weight excluding hydrogens is 532 g/mol. The summed E-state index contributed by atoms with van der Waals surface area (Å²) in [7, 11) is 0. The second kappa shape index (κ2) is 10.5. The molecule has 0 saturated carbocycles. The van der Waals surface area contributed by atoms with Crippen molar-refractivity contribution in [3.05, 3.63) is 12.7 Å². The van der Waals surface area contributed by atoms with Gasteiger partial charge in [0.25, 0.3) is 0 Å². The predicted octanol–water partition coefficient (Wildman–Crippen LogP) is 9.40. The average molecular weight is 554 g/mol. The van der Waals surface area contributed by atoms with Gasteiger partial charge in [-0.05, 0) is 12.8 Å². The van der Waals surface area contributed by atoms with Gasteiger partial charge in [0.15, 0.2) is 0 Å². The molecular formula is C19H22F16. The first-order chi connectivity index (χ1) is 15.4. The molecule has 16 heteroatoms. The van der Waals surface area contributed by atoms with E-state index >= 15 is 0 Å². The van der Waals surface area contributed by atoms with Gasteiger partial charge in [-0.2, -0.15) is 70.2 Å². The molecule has 0 aromatic carbocycles. The lowest BCUT2D eigenvalue weighted by atomic mass is 9.86. The summed E-state index contributed by atoms with van der Waals surface area (Å²) in [4.78, 5) is 0. The normalized spacial score (nSPS) is 15.5. The maximum absolute atomic E-state index is 13.8. The van der Waals surface area contributed by atoms with Crippen LogP contribution in [0, 0.1) is 0 Å². The van der Waals surface area contributed by atoms with E-state index in [1.54, 1.807) is 6.92 Å². The highest BCUT2D eigenvalue weighted by Crippen LogP contribution is 2.64. The lowest BCUT2D eigenvalue weighted by Crippen LogP contribution is -2.74. The summed E-state index contributed by atoms with van der Waals surface area (Å²) >= 11 is 0. The van der Waals surface area contributed by atoms with Crippen LogP contribution < -0.4 is 0 Å². The fraction of sp³-hybridized carbons (Fsp3) is 0.895. The zero-order valence-corrected chi connectivity index (χ0v) is 18.0. The molecule has 0 atom stereocenters. The molecule has 0 aromatic rings. The number of allylic oxidation sites excluding steroid dienone is 1. The van der Waals surface area contributed by atoms with Crippen LogP contribution in [0.5, 0.6) is 0 Å². The average Bonchev–Trinajstić information content (AvgIpc) is 2.70. The Morgan fingerprint density at radius 2 is 0.771 bits per heavy atom. The smallest absolute Gasteiger partial charge is 0.200 e. The number of halogens is 16. The van der Waals surface area contributed by atoms with Gasteiger partial charge in [0.05, 0.1) is 0 Å². The van der Waals surface area contributed by atoms with Gasteiger partial charge < -0.3 is 0 Å². The number of hydrogen-bond acceptors (Lipinski definition) is 0. The first kappa shape index (κ1) is 33.6. The van der Waals surface area contributed by atoms with Crippen LogP contribution in [0.3, 0.4) is 0 Å². The number of hydrogen-bond donors (Lipinski definition) is 0. The van der Waals surface area contributed by atoms with Crippen molar-refractivity contribution >= 4 is 0 Å². The Morgan fingerprint density at radius 3 is 1.11 bits per heavy atom. The highest BCUT2D eigenvalue weighted by atomic mass is 19.4. The minimum Gasteiger partial charge on any atom is -0.200 e. The highest BCUT2D eigenvalue weighted by Gasteiger charge is 2.94. The van der Waals surface area contributed by atoms with Crippen molar-refractivity contribution in [2.75, 3.05) is 0 Å². The van der Waals surface area contributed by atoms with Crippen molar-refractivity contribution in [2.24, 2.45) is 0 Å². The zero-order chi connectivity index (χ0) is 28.4. The number of alkyl halides is 16. The van der Waals surface area contributed by atoms with Gasteiger partial charge >= 0.3 is 47.4 Å². The minimum atomic E-state index is -8.36. The first-order valence-corrected chi connectivity index (χ1v) is 10.0. The van der Waals surface area contributed by atoms with Gasteiger partial charge in [0, 0.05) is 12.8 Å². The molecule has 0 aliphatic heterocycles. The molecule has 0 saturated heterocycles. The van der Waals surface area contributed by atoms with E-state index in [9.17, 15) is 70.2 Å². The van der Waals surface area contributed by atoms with Crippen molar-refractivity contribution in [2.45, 2.75) is 106 Å². The quantitative estimate of drug-likeness (QED) is 0.101. The van der Waals surface area contributed by atoms with Crippen molar-refractivity contribution < 1.29 is 70.2 Å². The van der Waals surface area contributed by atoms with E-state index in [0.29, 0.717) is 18.9 Å². The Balaban J connectivity index is 6.35. The van der Waals surface area contributed by atoms with Crippen molar-refractivity contribution in [1.29, 1.82) is 0 Å². The van der Waals surface area contributed by atoms with E-state index in [1.807, 2.05) is 0 Å². The Kier molecular flexibility index (Phi) is 10.1. The van der Waals surface area contributed by atoms with Crippen LogP contribution in [0.2, 0.25) is 0 Å². The van der Waals surface area contributed by atoms with Crippen molar-refractivity contribution in [3.8, 4) is 0 Å². The maximum atomic E-state index is 13.8. The molecule has 0 fully saturated rings. The first-order valence-electron chi connectivity index (χ1n) is 10.0. The van der Waals surface area contributed by atoms with Gasteiger partial charge in [-0.1, -0.05) is 38.7 Å². The van der Waals surface area contributed by atoms with Gasteiger partial charge in [-0.25, -0.2) is 0 Å². The molecule has 0 rings (SSSR count). The number of unbranched alkanes of at least 4 members (excludes halogenated alkanes) is 4. The zero-order valence-electron chi connectivity index (χ0n) is 18.0. The molecule has 0 aliphatic rings. The summed E-state index contributed by atoms with van der Waals surface area (Å²) in [5, 5.41) is 0. The third-order valence-electron chi connectivity index (χ3n) is 5.15. The molecule has 0 bridgehead atoms. The topological polar surface area (TPSA) is 0 Å². The van der Waals surface area contributed by atoms with Crippen LogP contribution in [0.25, 0.3) is 0 Å². The molecule has 0 unspecified atom stereocenters. The van der Waals surface area contributed by atoms with Gasteiger partial charge in [-0.15, -0.1) is 6.58 Å². The Hall–Kier alpha value is -1.38. The highest BCUT2D eigenvalue weighted by molar-refractivity contribution is 5.15. The molecule has 0 aliphatic carbocycles. The van der Waals surface area contributed by atoms with E-state index in [2.05, 4.69) is 6.58 Å². The summed E-state index contributed by atoms with van der Waals surface area (Å²) < 4.78 is 219. The van der Waals surface area contributed by atoms with E-state index in [1.165, 1.54) is 0 Å². The Labute approximate surface area is 189 Å². The van der Waals surface area contributed by atoms with Crippen LogP contribution in [0.15, 0.2) is 12.7 Å². The lowest BCUT2D eigenvalue weighted by molar-refractivity contribution is -0.453. The Bertz CT molecular complexity index is 695. The molecule has 210 valence electrons. The van der Waals surface area contributed by atoms with Crippen LogP contribution >= 0.6 is 0 Å². The van der Waals surface area contributed by atoms with Crippen molar-refractivity contribution in [3.63, 3.8) is 0 Å². The van der Waals surface area contributed by atoms with Crippen LogP contribution in [0.1, 0.15) is 58.3 Å². The molecule has 0 amide bonds. The summed E-state index contributed by atoms with van der Waals surface area (Å²) in [6, 6.07) is 0. The molecule has 0 aromatic heterocycles.